The van der Waals surface area contributed by atoms with Gasteiger partial charge in [-0.05, 0) is 37.8 Å². The molecule has 0 radical (unpaired) electrons. The molecule has 0 saturated carbocycles. The van der Waals surface area contributed by atoms with Crippen molar-refractivity contribution in [3.05, 3.63) is 29.3 Å². The molecule has 0 aromatic heterocycles. The van der Waals surface area contributed by atoms with Gasteiger partial charge in [0.05, 0.1) is 4.83 Å². The lowest BCUT2D eigenvalue weighted by Gasteiger charge is -2.14. The van der Waals surface area contributed by atoms with E-state index in [0.29, 0.717) is 0 Å². The van der Waals surface area contributed by atoms with Crippen LogP contribution in [0.2, 0.25) is 0 Å². The number of carbonyl (C=O) groups is 1. The van der Waals surface area contributed by atoms with Crippen LogP contribution in [0.1, 0.15) is 30.4 Å². The van der Waals surface area contributed by atoms with Gasteiger partial charge in [-0.1, -0.05) is 56.5 Å². The molecule has 1 N–H and O–H groups in total. The number of unbranched alkanes of at least 4 members (excludes halogenated alkanes) is 1. The van der Waals surface area contributed by atoms with Gasteiger partial charge in [-0.3, -0.25) is 4.79 Å². The Bertz CT molecular complexity index is 387. The Morgan fingerprint density at radius 2 is 1.89 bits per heavy atom. The summed E-state index contributed by atoms with van der Waals surface area (Å²) in [6.07, 6.45) is 3.00. The Kier molecular flexibility index (Phi) is 6.94. The zero-order chi connectivity index (χ0) is 13.5. The third kappa shape index (κ3) is 4.73. The average Bonchev–Trinajstić information content (AvgIpc) is 2.34. The molecule has 4 heteroatoms. The van der Waals surface area contributed by atoms with Crippen LogP contribution in [0, 0.1) is 13.8 Å². The lowest BCUT2D eigenvalue weighted by molar-refractivity contribution is -0.115. The largest absolute Gasteiger partial charge is 0.325 e. The summed E-state index contributed by atoms with van der Waals surface area (Å²) in [6, 6.07) is 6.02. The molecular formula is C14H19Br2NO. The maximum Gasteiger partial charge on any atom is 0.238 e. The Labute approximate surface area is 126 Å². The predicted molar refractivity (Wildman–Crippen MR) is 84.9 cm³/mol. The fourth-order valence-corrected chi connectivity index (χ4v) is 2.60. The summed E-state index contributed by atoms with van der Waals surface area (Å²) in [6.45, 7) is 4.02. The smallest absolute Gasteiger partial charge is 0.238 e. The first-order valence-electron chi connectivity index (χ1n) is 6.13. The summed E-state index contributed by atoms with van der Waals surface area (Å²) in [5.74, 6) is 0.0435. The third-order valence-electron chi connectivity index (χ3n) is 2.86. The maximum absolute atomic E-state index is 12.0. The van der Waals surface area contributed by atoms with Crippen LogP contribution in [0.25, 0.3) is 0 Å². The number of rotatable bonds is 6. The van der Waals surface area contributed by atoms with Crippen molar-refractivity contribution in [3.8, 4) is 0 Å². The van der Waals surface area contributed by atoms with E-state index in [1.165, 1.54) is 0 Å². The topological polar surface area (TPSA) is 29.1 Å². The predicted octanol–water partition coefficient (Wildman–Crippen LogP) is 4.57. The summed E-state index contributed by atoms with van der Waals surface area (Å²) < 4.78 is 0. The second-order valence-corrected chi connectivity index (χ2v) is 6.31. The Morgan fingerprint density at radius 1 is 1.28 bits per heavy atom. The number of hydrogen-bond acceptors (Lipinski definition) is 1. The molecule has 1 aromatic rings. The van der Waals surface area contributed by atoms with Gasteiger partial charge in [0.15, 0.2) is 0 Å². The number of anilines is 1. The number of nitrogens with one attached hydrogen (secondary N) is 1. The van der Waals surface area contributed by atoms with Crippen molar-refractivity contribution < 1.29 is 4.79 Å². The average molecular weight is 377 g/mol. The van der Waals surface area contributed by atoms with Crippen LogP contribution < -0.4 is 5.32 Å². The number of halogens is 2. The van der Waals surface area contributed by atoms with Crippen LogP contribution in [0.15, 0.2) is 18.2 Å². The standard InChI is InChI=1S/C14H19Br2NO/c1-10-6-5-7-11(2)13(10)17-14(18)12(16)8-3-4-9-15/h5-7,12H,3-4,8-9H2,1-2H3,(H,17,18). The van der Waals surface area contributed by atoms with Gasteiger partial charge in [0.25, 0.3) is 0 Å². The third-order valence-corrected chi connectivity index (χ3v) is 4.29. The fourth-order valence-electron chi connectivity index (χ4n) is 1.76. The first kappa shape index (κ1) is 15.7. The van der Waals surface area contributed by atoms with Crippen LogP contribution in [0.5, 0.6) is 0 Å². The molecule has 0 aliphatic heterocycles. The van der Waals surface area contributed by atoms with E-state index in [0.717, 1.165) is 41.4 Å². The molecule has 0 saturated heterocycles. The van der Waals surface area contributed by atoms with Crippen molar-refractivity contribution in [2.24, 2.45) is 0 Å². The Balaban J connectivity index is 2.58. The molecule has 0 aliphatic carbocycles. The van der Waals surface area contributed by atoms with E-state index in [-0.39, 0.29) is 10.7 Å². The first-order chi connectivity index (χ1) is 8.56. The molecular weight excluding hydrogens is 358 g/mol. The number of hydrogen-bond donors (Lipinski definition) is 1. The molecule has 1 atom stereocenters. The summed E-state index contributed by atoms with van der Waals surface area (Å²) in [5, 5.41) is 4.00. The molecule has 2 nitrogen and oxygen atoms in total. The minimum Gasteiger partial charge on any atom is -0.325 e. The molecule has 1 unspecified atom stereocenters. The Morgan fingerprint density at radius 3 is 2.44 bits per heavy atom. The minimum atomic E-state index is -0.115. The quantitative estimate of drug-likeness (QED) is 0.571. The van der Waals surface area contributed by atoms with Crippen molar-refractivity contribution in [2.45, 2.75) is 37.9 Å². The van der Waals surface area contributed by atoms with Gasteiger partial charge in [0, 0.05) is 11.0 Å². The van der Waals surface area contributed by atoms with E-state index < -0.39 is 0 Å². The highest BCUT2D eigenvalue weighted by molar-refractivity contribution is 9.10. The van der Waals surface area contributed by atoms with Gasteiger partial charge in [-0.15, -0.1) is 0 Å². The first-order valence-corrected chi connectivity index (χ1v) is 8.17. The molecule has 18 heavy (non-hydrogen) atoms. The van der Waals surface area contributed by atoms with E-state index in [1.807, 2.05) is 32.0 Å². The van der Waals surface area contributed by atoms with Gasteiger partial charge in [0.2, 0.25) is 5.91 Å². The SMILES string of the molecule is Cc1cccc(C)c1NC(=O)C(Br)CCCCBr. The second-order valence-electron chi connectivity index (χ2n) is 4.41. The minimum absolute atomic E-state index is 0.0435. The van der Waals surface area contributed by atoms with E-state index in [9.17, 15) is 4.79 Å². The summed E-state index contributed by atoms with van der Waals surface area (Å²) >= 11 is 6.85. The molecule has 1 aromatic carbocycles. The lowest BCUT2D eigenvalue weighted by Crippen LogP contribution is -2.23. The second kappa shape index (κ2) is 7.95. The van der Waals surface area contributed by atoms with Gasteiger partial charge in [-0.2, -0.15) is 0 Å². The van der Waals surface area contributed by atoms with Crippen molar-refractivity contribution in [3.63, 3.8) is 0 Å². The van der Waals surface area contributed by atoms with Crippen LogP contribution in [-0.2, 0) is 4.79 Å². The molecule has 100 valence electrons. The van der Waals surface area contributed by atoms with Crippen molar-refractivity contribution in [1.82, 2.24) is 0 Å². The van der Waals surface area contributed by atoms with Gasteiger partial charge in [-0.25, -0.2) is 0 Å². The van der Waals surface area contributed by atoms with Gasteiger partial charge in [0.1, 0.15) is 0 Å². The summed E-state index contributed by atoms with van der Waals surface area (Å²) in [7, 11) is 0. The number of para-hydroxylation sites is 1. The van der Waals surface area contributed by atoms with Gasteiger partial charge >= 0.3 is 0 Å². The number of aryl methyl sites for hydroxylation is 2. The van der Waals surface area contributed by atoms with Crippen molar-refractivity contribution >= 4 is 43.5 Å². The summed E-state index contributed by atoms with van der Waals surface area (Å²) in [4.78, 5) is 11.9. The van der Waals surface area contributed by atoms with Crippen molar-refractivity contribution in [1.29, 1.82) is 0 Å². The Hall–Kier alpha value is -0.350. The van der Waals surface area contributed by atoms with E-state index in [2.05, 4.69) is 37.2 Å². The lowest BCUT2D eigenvalue weighted by atomic mass is 10.1. The normalized spacial score (nSPS) is 12.2. The highest BCUT2D eigenvalue weighted by atomic mass is 79.9. The van der Waals surface area contributed by atoms with Crippen LogP contribution in [-0.4, -0.2) is 16.1 Å². The maximum atomic E-state index is 12.0. The number of benzene rings is 1. The van der Waals surface area contributed by atoms with Crippen LogP contribution in [0.4, 0.5) is 5.69 Å². The van der Waals surface area contributed by atoms with E-state index in [4.69, 9.17) is 0 Å². The molecule has 0 aliphatic rings. The number of amides is 1. The van der Waals surface area contributed by atoms with Gasteiger partial charge < -0.3 is 5.32 Å². The number of alkyl halides is 2. The molecule has 0 bridgehead atoms. The molecule has 0 spiro atoms. The fraction of sp³-hybridized carbons (Fsp3) is 0.500. The summed E-state index contributed by atoms with van der Waals surface area (Å²) in [5.41, 5.74) is 3.14. The van der Waals surface area contributed by atoms with Crippen LogP contribution >= 0.6 is 31.9 Å². The monoisotopic (exact) mass is 375 g/mol. The van der Waals surface area contributed by atoms with E-state index >= 15 is 0 Å². The molecule has 1 rings (SSSR count). The van der Waals surface area contributed by atoms with E-state index in [1.54, 1.807) is 0 Å². The van der Waals surface area contributed by atoms with Crippen LogP contribution in [0.3, 0.4) is 0 Å². The van der Waals surface area contributed by atoms with Crippen molar-refractivity contribution in [2.75, 3.05) is 10.6 Å². The molecule has 0 fully saturated rings. The highest BCUT2D eigenvalue weighted by Gasteiger charge is 2.15. The highest BCUT2D eigenvalue weighted by Crippen LogP contribution is 2.21. The zero-order valence-corrected chi connectivity index (χ0v) is 14.0. The number of carbonyl (C=O) groups excluding carboxylic acids is 1. The molecule has 0 heterocycles. The zero-order valence-electron chi connectivity index (χ0n) is 10.8. The molecule has 1 amide bonds.